The molecule has 2 N–H and O–H groups in total. The summed E-state index contributed by atoms with van der Waals surface area (Å²) < 4.78 is 56.9. The lowest BCUT2D eigenvalue weighted by Crippen LogP contribution is -2.38. The molecule has 5 rings (SSSR count). The standard InChI is InChI=1S/C31H27N3O5S2/c1-23-10-5-8-17-30(23)34(41(38,39)27-13-3-2-4-14-27)22-31(35)32-25-18-20-26(21-19-25)40(36,37)33-29-16-9-12-24-11-6-7-15-28(24)29/h2-21,33H,22H2,1H3,(H,32,35). The Hall–Kier alpha value is -4.67. The highest BCUT2D eigenvalue weighted by atomic mass is 32.2. The van der Waals surface area contributed by atoms with Gasteiger partial charge in [0.1, 0.15) is 6.54 Å². The summed E-state index contributed by atoms with van der Waals surface area (Å²) in [5, 5.41) is 4.35. The van der Waals surface area contributed by atoms with Crippen molar-refractivity contribution in [2.24, 2.45) is 0 Å². The molecule has 0 spiro atoms. The Morgan fingerprint density at radius 3 is 2.05 bits per heavy atom. The fourth-order valence-electron chi connectivity index (χ4n) is 4.43. The first-order valence-electron chi connectivity index (χ1n) is 12.7. The number of carbonyl (C=O) groups excluding carboxylic acids is 1. The molecule has 208 valence electrons. The van der Waals surface area contributed by atoms with Crippen molar-refractivity contribution in [3.8, 4) is 0 Å². The molecule has 0 aromatic heterocycles. The number of nitrogens with zero attached hydrogens (tertiary/aromatic N) is 1. The van der Waals surface area contributed by atoms with Crippen molar-refractivity contribution in [1.82, 2.24) is 0 Å². The van der Waals surface area contributed by atoms with Crippen LogP contribution in [0.5, 0.6) is 0 Å². The van der Waals surface area contributed by atoms with Gasteiger partial charge >= 0.3 is 0 Å². The van der Waals surface area contributed by atoms with Crippen LogP contribution in [0.2, 0.25) is 0 Å². The number of rotatable bonds is 9. The average molecular weight is 586 g/mol. The number of amides is 1. The van der Waals surface area contributed by atoms with Crippen molar-refractivity contribution in [3.63, 3.8) is 0 Å². The summed E-state index contributed by atoms with van der Waals surface area (Å²) in [7, 11) is -7.96. The van der Waals surface area contributed by atoms with Gasteiger partial charge in [0.2, 0.25) is 5.91 Å². The van der Waals surface area contributed by atoms with Crippen LogP contribution in [0.1, 0.15) is 5.56 Å². The first-order valence-corrected chi connectivity index (χ1v) is 15.6. The maximum atomic E-state index is 13.5. The van der Waals surface area contributed by atoms with E-state index < -0.39 is 32.5 Å². The Kier molecular flexibility index (Phi) is 7.78. The van der Waals surface area contributed by atoms with Crippen LogP contribution >= 0.6 is 0 Å². The average Bonchev–Trinajstić information content (AvgIpc) is 2.97. The monoisotopic (exact) mass is 585 g/mol. The molecule has 1 amide bonds. The number of sulfonamides is 2. The third-order valence-electron chi connectivity index (χ3n) is 6.48. The van der Waals surface area contributed by atoms with Crippen molar-refractivity contribution in [2.75, 3.05) is 20.9 Å². The molecule has 8 nitrogen and oxygen atoms in total. The van der Waals surface area contributed by atoms with Crippen molar-refractivity contribution in [2.45, 2.75) is 16.7 Å². The molecule has 5 aromatic rings. The van der Waals surface area contributed by atoms with Gasteiger partial charge in [0.25, 0.3) is 20.0 Å². The number of nitrogens with one attached hydrogen (secondary N) is 2. The normalized spacial score (nSPS) is 11.6. The smallest absolute Gasteiger partial charge is 0.264 e. The third-order valence-corrected chi connectivity index (χ3v) is 9.64. The van der Waals surface area contributed by atoms with Crippen molar-refractivity contribution in [3.05, 3.63) is 127 Å². The van der Waals surface area contributed by atoms with Gasteiger partial charge in [0.05, 0.1) is 21.2 Å². The van der Waals surface area contributed by atoms with Crippen molar-refractivity contribution < 1.29 is 21.6 Å². The van der Waals surface area contributed by atoms with Gasteiger partial charge in [0.15, 0.2) is 0 Å². The lowest BCUT2D eigenvalue weighted by Gasteiger charge is -2.25. The summed E-state index contributed by atoms with van der Waals surface area (Å²) in [6.07, 6.45) is 0. The van der Waals surface area contributed by atoms with Gasteiger partial charge in [-0.3, -0.25) is 13.8 Å². The lowest BCUT2D eigenvalue weighted by molar-refractivity contribution is -0.114. The van der Waals surface area contributed by atoms with Crippen LogP contribution < -0.4 is 14.3 Å². The molecule has 0 heterocycles. The van der Waals surface area contributed by atoms with E-state index in [0.717, 1.165) is 15.1 Å². The molecule has 0 unspecified atom stereocenters. The number of hydrogen-bond acceptors (Lipinski definition) is 5. The van der Waals surface area contributed by atoms with E-state index in [-0.39, 0.29) is 9.79 Å². The van der Waals surface area contributed by atoms with Gasteiger partial charge in [-0.15, -0.1) is 0 Å². The quantitative estimate of drug-likeness (QED) is 0.228. The highest BCUT2D eigenvalue weighted by Crippen LogP contribution is 2.28. The number of benzene rings is 5. The van der Waals surface area contributed by atoms with Gasteiger partial charge in [-0.2, -0.15) is 0 Å². The number of fused-ring (bicyclic) bond motifs is 1. The zero-order valence-electron chi connectivity index (χ0n) is 22.1. The number of anilines is 3. The lowest BCUT2D eigenvalue weighted by atomic mass is 10.1. The number of para-hydroxylation sites is 1. The molecule has 10 heteroatoms. The third kappa shape index (κ3) is 6.08. The molecule has 0 aliphatic carbocycles. The second-order valence-electron chi connectivity index (χ2n) is 9.32. The Bertz CT molecular complexity index is 1920. The second-order valence-corrected chi connectivity index (χ2v) is 12.9. The Morgan fingerprint density at radius 2 is 1.32 bits per heavy atom. The van der Waals surface area contributed by atoms with Gasteiger partial charge < -0.3 is 5.32 Å². The maximum absolute atomic E-state index is 13.5. The molecular weight excluding hydrogens is 558 g/mol. The molecule has 0 saturated carbocycles. The van der Waals surface area contributed by atoms with E-state index in [9.17, 15) is 21.6 Å². The van der Waals surface area contributed by atoms with Crippen LogP contribution in [0.25, 0.3) is 10.8 Å². The summed E-state index contributed by atoms with van der Waals surface area (Å²) in [6, 6.07) is 33.3. The Labute approximate surface area is 239 Å². The van der Waals surface area contributed by atoms with Gasteiger partial charge in [-0.05, 0) is 66.4 Å². The Morgan fingerprint density at radius 1 is 0.683 bits per heavy atom. The zero-order valence-corrected chi connectivity index (χ0v) is 23.7. The predicted molar refractivity (Wildman–Crippen MR) is 162 cm³/mol. The minimum absolute atomic E-state index is 0.0108. The first kappa shape index (κ1) is 27.9. The molecule has 0 aliphatic rings. The highest BCUT2D eigenvalue weighted by Gasteiger charge is 2.28. The largest absolute Gasteiger partial charge is 0.325 e. The molecule has 0 radical (unpaired) electrons. The van der Waals surface area contributed by atoms with Crippen LogP contribution in [-0.2, 0) is 24.8 Å². The fourth-order valence-corrected chi connectivity index (χ4v) is 7.02. The van der Waals surface area contributed by atoms with Crippen LogP contribution in [0.4, 0.5) is 17.1 Å². The zero-order chi connectivity index (χ0) is 29.0. The van der Waals surface area contributed by atoms with E-state index >= 15 is 0 Å². The second kappa shape index (κ2) is 11.4. The summed E-state index contributed by atoms with van der Waals surface area (Å²) in [5.41, 5.74) is 1.85. The predicted octanol–water partition coefficient (Wildman–Crippen LogP) is 5.78. The van der Waals surface area contributed by atoms with E-state index in [2.05, 4.69) is 10.0 Å². The van der Waals surface area contributed by atoms with Crippen LogP contribution in [-0.4, -0.2) is 29.3 Å². The summed E-state index contributed by atoms with van der Waals surface area (Å²) in [4.78, 5) is 13.2. The molecule has 0 aliphatic heterocycles. The number of carbonyl (C=O) groups is 1. The van der Waals surface area contributed by atoms with Crippen LogP contribution in [0.3, 0.4) is 0 Å². The van der Waals surface area contributed by atoms with Gasteiger partial charge in [-0.1, -0.05) is 72.8 Å². The minimum atomic E-state index is -4.05. The number of hydrogen-bond donors (Lipinski definition) is 2. The summed E-state index contributed by atoms with van der Waals surface area (Å²) in [6.45, 7) is 1.29. The first-order chi connectivity index (χ1) is 19.6. The molecular formula is C31H27N3O5S2. The summed E-state index contributed by atoms with van der Waals surface area (Å²) in [5.74, 6) is -0.586. The molecule has 0 atom stereocenters. The molecule has 41 heavy (non-hydrogen) atoms. The van der Waals surface area contributed by atoms with Gasteiger partial charge in [-0.25, -0.2) is 16.8 Å². The molecule has 0 bridgehead atoms. The molecule has 5 aromatic carbocycles. The topological polar surface area (TPSA) is 113 Å². The highest BCUT2D eigenvalue weighted by molar-refractivity contribution is 7.93. The van der Waals surface area contributed by atoms with Gasteiger partial charge in [0, 0.05) is 11.1 Å². The van der Waals surface area contributed by atoms with Crippen LogP contribution in [0.15, 0.2) is 131 Å². The minimum Gasteiger partial charge on any atom is -0.325 e. The van der Waals surface area contributed by atoms with Crippen LogP contribution in [0, 0.1) is 6.92 Å². The molecule has 0 fully saturated rings. The van der Waals surface area contributed by atoms with Crippen molar-refractivity contribution in [1.29, 1.82) is 0 Å². The SMILES string of the molecule is Cc1ccccc1N(CC(=O)Nc1ccc(S(=O)(=O)Nc2cccc3ccccc23)cc1)S(=O)(=O)c1ccccc1. The van der Waals surface area contributed by atoms with E-state index in [1.807, 2.05) is 30.3 Å². The maximum Gasteiger partial charge on any atom is 0.264 e. The van der Waals surface area contributed by atoms with E-state index in [0.29, 0.717) is 22.6 Å². The summed E-state index contributed by atoms with van der Waals surface area (Å²) >= 11 is 0. The fraction of sp³-hybridized carbons (Fsp3) is 0.0645. The number of aryl methyl sites for hydroxylation is 1. The Balaban J connectivity index is 1.35. The van der Waals surface area contributed by atoms with E-state index in [1.54, 1.807) is 61.5 Å². The van der Waals surface area contributed by atoms with Crippen molar-refractivity contribution >= 4 is 53.8 Å². The molecule has 0 saturated heterocycles. The van der Waals surface area contributed by atoms with E-state index in [1.165, 1.54) is 36.4 Å². The van der Waals surface area contributed by atoms with E-state index in [4.69, 9.17) is 0 Å².